The average Bonchev–Trinajstić information content (AvgIpc) is 2.39. The predicted molar refractivity (Wildman–Crippen MR) is 80.1 cm³/mol. The number of nitrogens with one attached hydrogen (secondary N) is 1. The second kappa shape index (κ2) is 8.89. The Morgan fingerprint density at radius 3 is 2.28 bits per heavy atom. The Labute approximate surface area is 114 Å². The molecule has 18 heavy (non-hydrogen) atoms. The summed E-state index contributed by atoms with van der Waals surface area (Å²) in [4.78, 5) is 5.16. The summed E-state index contributed by atoms with van der Waals surface area (Å²) in [7, 11) is 0. The minimum atomic E-state index is 0.630. The van der Waals surface area contributed by atoms with Crippen LogP contribution in [0.4, 0.5) is 0 Å². The van der Waals surface area contributed by atoms with E-state index in [0.29, 0.717) is 6.04 Å². The van der Waals surface area contributed by atoms with Crippen LogP contribution in [0.5, 0.6) is 0 Å². The van der Waals surface area contributed by atoms with E-state index in [0.717, 1.165) is 5.92 Å². The molecule has 1 aliphatic heterocycles. The van der Waals surface area contributed by atoms with Gasteiger partial charge in [-0.2, -0.15) is 0 Å². The van der Waals surface area contributed by atoms with Crippen molar-refractivity contribution < 1.29 is 0 Å². The van der Waals surface area contributed by atoms with Crippen molar-refractivity contribution in [1.29, 1.82) is 0 Å². The number of rotatable bonds is 8. The average molecular weight is 255 g/mol. The zero-order chi connectivity index (χ0) is 13.4. The number of hydrogen-bond acceptors (Lipinski definition) is 3. The maximum Gasteiger partial charge on any atom is 0.0109 e. The van der Waals surface area contributed by atoms with Gasteiger partial charge >= 0.3 is 0 Å². The van der Waals surface area contributed by atoms with Crippen LogP contribution in [0.1, 0.15) is 40.5 Å². The molecule has 0 radical (unpaired) electrons. The van der Waals surface area contributed by atoms with Crippen LogP contribution in [-0.2, 0) is 0 Å². The smallest absolute Gasteiger partial charge is 0.0109 e. The first-order valence-electron chi connectivity index (χ1n) is 7.83. The number of piperidine rings is 1. The van der Waals surface area contributed by atoms with Gasteiger partial charge in [-0.05, 0) is 51.5 Å². The van der Waals surface area contributed by atoms with Crippen molar-refractivity contribution in [1.82, 2.24) is 15.1 Å². The van der Waals surface area contributed by atoms with Gasteiger partial charge in [-0.15, -0.1) is 0 Å². The van der Waals surface area contributed by atoms with Gasteiger partial charge in [0.05, 0.1) is 0 Å². The van der Waals surface area contributed by atoms with Crippen LogP contribution in [0, 0.1) is 5.92 Å². The monoisotopic (exact) mass is 255 g/mol. The molecule has 0 saturated carbocycles. The molecule has 0 unspecified atom stereocenters. The third kappa shape index (κ3) is 6.17. The zero-order valence-corrected chi connectivity index (χ0v) is 12.9. The Balaban J connectivity index is 2.11. The molecule has 1 N–H and O–H groups in total. The van der Waals surface area contributed by atoms with Crippen molar-refractivity contribution in [3.63, 3.8) is 0 Å². The fraction of sp³-hybridized carbons (Fsp3) is 1.00. The largest absolute Gasteiger partial charge is 0.314 e. The van der Waals surface area contributed by atoms with E-state index in [-0.39, 0.29) is 0 Å². The Hall–Kier alpha value is -0.120. The Kier molecular flexibility index (Phi) is 7.87. The molecule has 1 rings (SSSR count). The first-order chi connectivity index (χ1) is 8.65. The summed E-state index contributed by atoms with van der Waals surface area (Å²) < 4.78 is 0. The molecule has 0 atom stereocenters. The standard InChI is InChI=1S/C15H33N3/c1-5-17(6-2)11-12-18-9-7-15(8-10-18)13-16-14(3)4/h14-16H,5-13H2,1-4H3. The summed E-state index contributed by atoms with van der Waals surface area (Å²) in [5.74, 6) is 0.900. The third-order valence-electron chi connectivity index (χ3n) is 4.15. The summed E-state index contributed by atoms with van der Waals surface area (Å²) in [6.45, 7) is 17.7. The molecule has 1 heterocycles. The van der Waals surface area contributed by atoms with E-state index in [1.807, 2.05) is 0 Å². The maximum absolute atomic E-state index is 3.57. The summed E-state index contributed by atoms with van der Waals surface area (Å²) in [5, 5.41) is 3.57. The van der Waals surface area contributed by atoms with Crippen molar-refractivity contribution in [2.45, 2.75) is 46.6 Å². The molecule has 1 aliphatic rings. The molecular weight excluding hydrogens is 222 g/mol. The lowest BCUT2D eigenvalue weighted by Crippen LogP contribution is -2.42. The van der Waals surface area contributed by atoms with Crippen LogP contribution < -0.4 is 5.32 Å². The summed E-state index contributed by atoms with van der Waals surface area (Å²) in [6, 6.07) is 0.630. The van der Waals surface area contributed by atoms with E-state index in [1.54, 1.807) is 0 Å². The van der Waals surface area contributed by atoms with E-state index in [2.05, 4.69) is 42.8 Å². The van der Waals surface area contributed by atoms with Gasteiger partial charge in [-0.1, -0.05) is 27.7 Å². The number of likely N-dealkylation sites (N-methyl/N-ethyl adjacent to an activating group) is 1. The first-order valence-corrected chi connectivity index (χ1v) is 7.83. The highest BCUT2D eigenvalue weighted by Gasteiger charge is 2.19. The minimum Gasteiger partial charge on any atom is -0.314 e. The lowest BCUT2D eigenvalue weighted by atomic mass is 9.96. The van der Waals surface area contributed by atoms with Crippen molar-refractivity contribution in [2.24, 2.45) is 5.92 Å². The molecular formula is C15H33N3. The zero-order valence-electron chi connectivity index (χ0n) is 12.9. The van der Waals surface area contributed by atoms with Gasteiger partial charge in [0.25, 0.3) is 0 Å². The molecule has 0 aromatic carbocycles. The van der Waals surface area contributed by atoms with E-state index in [1.165, 1.54) is 58.7 Å². The SMILES string of the molecule is CCN(CC)CCN1CCC(CNC(C)C)CC1. The van der Waals surface area contributed by atoms with Crippen molar-refractivity contribution in [3.05, 3.63) is 0 Å². The molecule has 0 amide bonds. The second-order valence-corrected chi connectivity index (χ2v) is 5.87. The summed E-state index contributed by atoms with van der Waals surface area (Å²) >= 11 is 0. The summed E-state index contributed by atoms with van der Waals surface area (Å²) in [6.07, 6.45) is 2.75. The van der Waals surface area contributed by atoms with E-state index in [9.17, 15) is 0 Å². The lowest BCUT2D eigenvalue weighted by molar-refractivity contribution is 0.158. The molecule has 108 valence electrons. The van der Waals surface area contributed by atoms with Crippen LogP contribution in [-0.4, -0.2) is 61.7 Å². The highest BCUT2D eigenvalue weighted by molar-refractivity contribution is 4.75. The molecule has 0 aromatic heterocycles. The third-order valence-corrected chi connectivity index (χ3v) is 4.15. The Morgan fingerprint density at radius 1 is 1.17 bits per heavy atom. The van der Waals surface area contributed by atoms with E-state index < -0.39 is 0 Å². The Bertz CT molecular complexity index is 194. The van der Waals surface area contributed by atoms with Crippen LogP contribution in [0.25, 0.3) is 0 Å². The fourth-order valence-corrected chi connectivity index (χ4v) is 2.64. The number of hydrogen-bond donors (Lipinski definition) is 1. The normalized spacial score (nSPS) is 19.0. The van der Waals surface area contributed by atoms with Gasteiger partial charge in [-0.25, -0.2) is 0 Å². The second-order valence-electron chi connectivity index (χ2n) is 5.87. The highest BCUT2D eigenvalue weighted by Crippen LogP contribution is 2.16. The molecule has 0 aliphatic carbocycles. The lowest BCUT2D eigenvalue weighted by Gasteiger charge is -2.33. The highest BCUT2D eigenvalue weighted by atomic mass is 15.2. The fourth-order valence-electron chi connectivity index (χ4n) is 2.64. The van der Waals surface area contributed by atoms with Crippen LogP contribution >= 0.6 is 0 Å². The molecule has 0 spiro atoms. The van der Waals surface area contributed by atoms with Gasteiger partial charge in [0.1, 0.15) is 0 Å². The molecule has 1 saturated heterocycles. The predicted octanol–water partition coefficient (Wildman–Crippen LogP) is 2.04. The molecule has 3 nitrogen and oxygen atoms in total. The molecule has 0 aromatic rings. The number of nitrogens with zero attached hydrogens (tertiary/aromatic N) is 2. The van der Waals surface area contributed by atoms with Gasteiger partial charge in [0.2, 0.25) is 0 Å². The van der Waals surface area contributed by atoms with Gasteiger partial charge < -0.3 is 15.1 Å². The molecule has 3 heteroatoms. The molecule has 0 bridgehead atoms. The van der Waals surface area contributed by atoms with Gasteiger partial charge in [0, 0.05) is 19.1 Å². The van der Waals surface area contributed by atoms with E-state index in [4.69, 9.17) is 0 Å². The van der Waals surface area contributed by atoms with Crippen LogP contribution in [0.15, 0.2) is 0 Å². The number of likely N-dealkylation sites (tertiary alicyclic amines) is 1. The van der Waals surface area contributed by atoms with Gasteiger partial charge in [0.15, 0.2) is 0 Å². The Morgan fingerprint density at radius 2 is 1.78 bits per heavy atom. The topological polar surface area (TPSA) is 18.5 Å². The quantitative estimate of drug-likeness (QED) is 0.716. The minimum absolute atomic E-state index is 0.630. The molecule has 1 fully saturated rings. The van der Waals surface area contributed by atoms with Gasteiger partial charge in [-0.3, -0.25) is 0 Å². The summed E-state index contributed by atoms with van der Waals surface area (Å²) in [5.41, 5.74) is 0. The van der Waals surface area contributed by atoms with Crippen LogP contribution in [0.3, 0.4) is 0 Å². The van der Waals surface area contributed by atoms with Crippen molar-refractivity contribution in [3.8, 4) is 0 Å². The van der Waals surface area contributed by atoms with E-state index >= 15 is 0 Å². The first kappa shape index (κ1) is 15.9. The van der Waals surface area contributed by atoms with Crippen molar-refractivity contribution in [2.75, 3.05) is 45.8 Å². The van der Waals surface area contributed by atoms with Crippen LogP contribution in [0.2, 0.25) is 0 Å². The maximum atomic E-state index is 3.57. The van der Waals surface area contributed by atoms with Crippen molar-refractivity contribution >= 4 is 0 Å².